The average molecular weight is 253 g/mol. The van der Waals surface area contributed by atoms with Crippen LogP contribution in [0.3, 0.4) is 0 Å². The Bertz CT molecular complexity index is 332. The Balaban J connectivity index is 3.24. The summed E-state index contributed by atoms with van der Waals surface area (Å²) in [7, 11) is 0. The fourth-order valence-corrected chi connectivity index (χ4v) is 1.67. The highest BCUT2D eigenvalue weighted by Crippen LogP contribution is 2.25. The van der Waals surface area contributed by atoms with Gasteiger partial charge in [0, 0.05) is 5.33 Å². The molecule has 1 heteroatoms. The lowest BCUT2D eigenvalue weighted by molar-refractivity contribution is 0.589. The Morgan fingerprint density at radius 3 is 2.36 bits per heavy atom. The van der Waals surface area contributed by atoms with Gasteiger partial charge in [0.1, 0.15) is 0 Å². The van der Waals surface area contributed by atoms with E-state index in [1.807, 2.05) is 6.08 Å². The van der Waals surface area contributed by atoms with E-state index < -0.39 is 0 Å². The second-order valence-corrected chi connectivity index (χ2v) is 5.11. The molecule has 0 fully saturated rings. The van der Waals surface area contributed by atoms with E-state index in [-0.39, 0.29) is 5.41 Å². The van der Waals surface area contributed by atoms with E-state index in [2.05, 4.69) is 61.5 Å². The van der Waals surface area contributed by atoms with Crippen LogP contribution in [0.5, 0.6) is 0 Å². The van der Waals surface area contributed by atoms with Crippen molar-refractivity contribution in [2.45, 2.75) is 31.5 Å². The summed E-state index contributed by atoms with van der Waals surface area (Å²) >= 11 is 3.49. The highest BCUT2D eigenvalue weighted by molar-refractivity contribution is 9.08. The first-order chi connectivity index (χ1) is 6.47. The standard InChI is InChI=1S/C13H17Br/c1-5-10-6-11(9-14)8-12(7-10)13(2,3)4/h5-8H,1,9H2,2-4H3. The maximum absolute atomic E-state index is 3.81. The van der Waals surface area contributed by atoms with Crippen molar-refractivity contribution in [3.63, 3.8) is 0 Å². The molecule has 0 nitrogen and oxygen atoms in total. The Morgan fingerprint density at radius 2 is 1.93 bits per heavy atom. The van der Waals surface area contributed by atoms with Gasteiger partial charge in [-0.3, -0.25) is 0 Å². The average Bonchev–Trinajstić information content (AvgIpc) is 2.15. The van der Waals surface area contributed by atoms with E-state index >= 15 is 0 Å². The second kappa shape index (κ2) is 4.31. The molecule has 0 aliphatic carbocycles. The van der Waals surface area contributed by atoms with Crippen LogP contribution in [0.25, 0.3) is 6.08 Å². The summed E-state index contributed by atoms with van der Waals surface area (Å²) in [5, 5.41) is 0.901. The van der Waals surface area contributed by atoms with Crippen LogP contribution in [0, 0.1) is 0 Å². The molecule has 0 heterocycles. The number of benzene rings is 1. The molecule has 0 amide bonds. The van der Waals surface area contributed by atoms with Crippen molar-refractivity contribution < 1.29 is 0 Å². The van der Waals surface area contributed by atoms with Gasteiger partial charge in [0.05, 0.1) is 0 Å². The van der Waals surface area contributed by atoms with Crippen LogP contribution in [0.2, 0.25) is 0 Å². The smallest absolute Gasteiger partial charge is 0.0283 e. The van der Waals surface area contributed by atoms with Crippen molar-refractivity contribution in [1.82, 2.24) is 0 Å². The van der Waals surface area contributed by atoms with Crippen LogP contribution >= 0.6 is 15.9 Å². The van der Waals surface area contributed by atoms with Gasteiger partial charge >= 0.3 is 0 Å². The van der Waals surface area contributed by atoms with Gasteiger partial charge in [-0.15, -0.1) is 0 Å². The lowest BCUT2D eigenvalue weighted by Crippen LogP contribution is -2.11. The van der Waals surface area contributed by atoms with E-state index in [1.165, 1.54) is 16.7 Å². The molecule has 0 N–H and O–H groups in total. The van der Waals surface area contributed by atoms with E-state index in [4.69, 9.17) is 0 Å². The number of rotatable bonds is 2. The molecule has 1 aromatic rings. The first kappa shape index (κ1) is 11.5. The third-order valence-corrected chi connectivity index (χ3v) is 2.92. The van der Waals surface area contributed by atoms with Gasteiger partial charge in [-0.05, 0) is 22.1 Å². The fraction of sp³-hybridized carbons (Fsp3) is 0.385. The Kier molecular flexibility index (Phi) is 3.54. The third-order valence-electron chi connectivity index (χ3n) is 2.27. The first-order valence-electron chi connectivity index (χ1n) is 4.80. The van der Waals surface area contributed by atoms with Gasteiger partial charge in [-0.25, -0.2) is 0 Å². The molecule has 76 valence electrons. The van der Waals surface area contributed by atoms with E-state index in [1.54, 1.807) is 0 Å². The van der Waals surface area contributed by atoms with Crippen LogP contribution in [0.4, 0.5) is 0 Å². The molecule has 0 spiro atoms. The van der Waals surface area contributed by atoms with Gasteiger partial charge in [0.25, 0.3) is 0 Å². The van der Waals surface area contributed by atoms with Gasteiger partial charge in [-0.2, -0.15) is 0 Å². The zero-order valence-electron chi connectivity index (χ0n) is 9.10. The zero-order valence-corrected chi connectivity index (χ0v) is 10.7. The topological polar surface area (TPSA) is 0 Å². The van der Waals surface area contributed by atoms with Gasteiger partial charge in [0.2, 0.25) is 0 Å². The summed E-state index contributed by atoms with van der Waals surface area (Å²) in [5.74, 6) is 0. The summed E-state index contributed by atoms with van der Waals surface area (Å²) < 4.78 is 0. The summed E-state index contributed by atoms with van der Waals surface area (Å²) in [5.41, 5.74) is 4.08. The number of halogens is 1. The molecule has 0 aliphatic heterocycles. The van der Waals surface area contributed by atoms with Crippen molar-refractivity contribution in [2.75, 3.05) is 0 Å². The molecular weight excluding hydrogens is 236 g/mol. The van der Waals surface area contributed by atoms with Crippen molar-refractivity contribution in [3.05, 3.63) is 41.5 Å². The van der Waals surface area contributed by atoms with Crippen LogP contribution < -0.4 is 0 Å². The van der Waals surface area contributed by atoms with E-state index in [0.29, 0.717) is 0 Å². The molecule has 0 unspecified atom stereocenters. The van der Waals surface area contributed by atoms with Gasteiger partial charge in [0.15, 0.2) is 0 Å². The first-order valence-corrected chi connectivity index (χ1v) is 5.92. The molecule has 0 saturated carbocycles. The Hall–Kier alpha value is -0.560. The minimum absolute atomic E-state index is 0.204. The maximum atomic E-state index is 3.81. The molecular formula is C13H17Br. The maximum Gasteiger partial charge on any atom is 0.0283 e. The number of hydrogen-bond donors (Lipinski definition) is 0. The SMILES string of the molecule is C=Cc1cc(CBr)cc(C(C)(C)C)c1. The number of alkyl halides is 1. The molecule has 0 atom stereocenters. The van der Waals surface area contributed by atoms with E-state index in [0.717, 1.165) is 5.33 Å². The lowest BCUT2D eigenvalue weighted by Gasteiger charge is -2.20. The third kappa shape index (κ3) is 2.71. The highest BCUT2D eigenvalue weighted by atomic mass is 79.9. The minimum Gasteiger partial charge on any atom is -0.0985 e. The lowest BCUT2D eigenvalue weighted by atomic mass is 9.85. The normalized spacial score (nSPS) is 11.4. The summed E-state index contributed by atoms with van der Waals surface area (Å²) in [6.45, 7) is 10.5. The Labute approximate surface area is 95.2 Å². The fourth-order valence-electron chi connectivity index (χ4n) is 1.35. The number of hydrogen-bond acceptors (Lipinski definition) is 0. The van der Waals surface area contributed by atoms with Crippen molar-refractivity contribution >= 4 is 22.0 Å². The van der Waals surface area contributed by atoms with Gasteiger partial charge < -0.3 is 0 Å². The quantitative estimate of drug-likeness (QED) is 0.679. The second-order valence-electron chi connectivity index (χ2n) is 4.55. The van der Waals surface area contributed by atoms with Crippen molar-refractivity contribution in [2.24, 2.45) is 0 Å². The summed E-state index contributed by atoms with van der Waals surface area (Å²) in [4.78, 5) is 0. The molecule has 0 saturated heterocycles. The zero-order chi connectivity index (χ0) is 10.8. The predicted molar refractivity (Wildman–Crippen MR) is 67.9 cm³/mol. The summed E-state index contributed by atoms with van der Waals surface area (Å²) in [6.07, 6.45) is 1.90. The molecule has 0 radical (unpaired) electrons. The van der Waals surface area contributed by atoms with Crippen molar-refractivity contribution in [3.8, 4) is 0 Å². The molecule has 0 bridgehead atoms. The van der Waals surface area contributed by atoms with Crippen LogP contribution in [0.15, 0.2) is 24.8 Å². The predicted octanol–water partition coefficient (Wildman–Crippen LogP) is 4.52. The minimum atomic E-state index is 0.204. The largest absolute Gasteiger partial charge is 0.0985 e. The molecule has 0 aromatic heterocycles. The summed E-state index contributed by atoms with van der Waals surface area (Å²) in [6, 6.07) is 6.62. The molecule has 0 aliphatic rings. The Morgan fingerprint density at radius 1 is 1.29 bits per heavy atom. The van der Waals surface area contributed by atoms with Crippen LogP contribution in [0.1, 0.15) is 37.5 Å². The van der Waals surface area contributed by atoms with Crippen LogP contribution in [-0.2, 0) is 10.7 Å². The monoisotopic (exact) mass is 252 g/mol. The van der Waals surface area contributed by atoms with Crippen LogP contribution in [-0.4, -0.2) is 0 Å². The van der Waals surface area contributed by atoms with Crippen molar-refractivity contribution in [1.29, 1.82) is 0 Å². The molecule has 14 heavy (non-hydrogen) atoms. The molecule has 1 rings (SSSR count). The molecule has 1 aromatic carbocycles. The van der Waals surface area contributed by atoms with E-state index in [9.17, 15) is 0 Å². The highest BCUT2D eigenvalue weighted by Gasteiger charge is 2.14. The van der Waals surface area contributed by atoms with Gasteiger partial charge in [-0.1, -0.05) is 67.6 Å².